The molecule has 3 heteroatoms. The number of pyridine rings is 1. The number of aromatic nitrogens is 1. The number of nitrogens with two attached hydrogens (primary N) is 1. The smallest absolute Gasteiger partial charge is 0.129 e. The van der Waals surface area contributed by atoms with Gasteiger partial charge in [-0.2, -0.15) is 0 Å². The number of hydrogen-bond acceptors (Lipinski definition) is 2. The second-order valence-electron chi connectivity index (χ2n) is 2.63. The maximum atomic E-state index is 5.75. The summed E-state index contributed by atoms with van der Waals surface area (Å²) in [7, 11) is 0. The largest absolute Gasteiger partial charge is 0.321 e. The SMILES string of the molecule is C=CC(N)c1cc(C)nc(Cl)c1. The van der Waals surface area contributed by atoms with Crippen molar-refractivity contribution in [1.82, 2.24) is 4.98 Å². The molecule has 2 N–H and O–H groups in total. The van der Waals surface area contributed by atoms with Gasteiger partial charge in [-0.3, -0.25) is 0 Å². The molecule has 12 heavy (non-hydrogen) atoms. The Morgan fingerprint density at radius 2 is 2.33 bits per heavy atom. The van der Waals surface area contributed by atoms with Crippen LogP contribution in [-0.4, -0.2) is 4.98 Å². The van der Waals surface area contributed by atoms with E-state index in [1.807, 2.05) is 13.0 Å². The van der Waals surface area contributed by atoms with Gasteiger partial charge < -0.3 is 5.73 Å². The zero-order valence-electron chi connectivity index (χ0n) is 6.92. The standard InChI is InChI=1S/C9H11ClN2/c1-3-8(11)7-4-6(2)12-9(10)5-7/h3-5,8H,1,11H2,2H3. The van der Waals surface area contributed by atoms with E-state index in [0.717, 1.165) is 11.3 Å². The molecule has 0 aromatic carbocycles. The maximum Gasteiger partial charge on any atom is 0.129 e. The van der Waals surface area contributed by atoms with Crippen LogP contribution in [0.1, 0.15) is 17.3 Å². The van der Waals surface area contributed by atoms with Gasteiger partial charge in [0.2, 0.25) is 0 Å². The highest BCUT2D eigenvalue weighted by Crippen LogP contribution is 2.16. The summed E-state index contributed by atoms with van der Waals surface area (Å²) in [6.45, 7) is 5.49. The maximum absolute atomic E-state index is 5.75. The predicted octanol–water partition coefficient (Wildman–Crippen LogP) is 2.23. The molecule has 1 unspecified atom stereocenters. The third-order valence-corrected chi connectivity index (χ3v) is 1.78. The Balaban J connectivity index is 3.08. The first-order valence-corrected chi connectivity index (χ1v) is 4.03. The van der Waals surface area contributed by atoms with Crippen molar-refractivity contribution in [2.75, 3.05) is 0 Å². The Morgan fingerprint density at radius 1 is 1.67 bits per heavy atom. The van der Waals surface area contributed by atoms with Crippen molar-refractivity contribution in [1.29, 1.82) is 0 Å². The monoisotopic (exact) mass is 182 g/mol. The van der Waals surface area contributed by atoms with Crippen molar-refractivity contribution < 1.29 is 0 Å². The fourth-order valence-electron chi connectivity index (χ4n) is 0.982. The van der Waals surface area contributed by atoms with Crippen LogP contribution in [-0.2, 0) is 0 Å². The Morgan fingerprint density at radius 3 is 2.83 bits per heavy atom. The molecule has 64 valence electrons. The summed E-state index contributed by atoms with van der Waals surface area (Å²) < 4.78 is 0. The van der Waals surface area contributed by atoms with Crippen LogP contribution in [0.5, 0.6) is 0 Å². The van der Waals surface area contributed by atoms with E-state index in [9.17, 15) is 0 Å². The van der Waals surface area contributed by atoms with Crippen molar-refractivity contribution in [3.8, 4) is 0 Å². The highest BCUT2D eigenvalue weighted by molar-refractivity contribution is 6.29. The molecule has 1 atom stereocenters. The third-order valence-electron chi connectivity index (χ3n) is 1.58. The molecule has 0 fully saturated rings. The van der Waals surface area contributed by atoms with E-state index in [0.29, 0.717) is 5.15 Å². The number of nitrogens with zero attached hydrogens (tertiary/aromatic N) is 1. The van der Waals surface area contributed by atoms with E-state index in [-0.39, 0.29) is 6.04 Å². The lowest BCUT2D eigenvalue weighted by molar-refractivity contribution is 0.905. The van der Waals surface area contributed by atoms with E-state index >= 15 is 0 Å². The van der Waals surface area contributed by atoms with Crippen LogP contribution in [0.3, 0.4) is 0 Å². The average Bonchev–Trinajstić information content (AvgIpc) is 2.01. The van der Waals surface area contributed by atoms with E-state index < -0.39 is 0 Å². The second kappa shape index (κ2) is 3.70. The molecule has 0 spiro atoms. The minimum Gasteiger partial charge on any atom is -0.321 e. The van der Waals surface area contributed by atoms with Crippen LogP contribution in [0, 0.1) is 6.92 Å². The van der Waals surface area contributed by atoms with Gasteiger partial charge in [0.25, 0.3) is 0 Å². The lowest BCUT2D eigenvalue weighted by atomic mass is 10.1. The number of hydrogen-bond donors (Lipinski definition) is 1. The summed E-state index contributed by atoms with van der Waals surface area (Å²) in [6, 6.07) is 3.49. The van der Waals surface area contributed by atoms with Gasteiger partial charge >= 0.3 is 0 Å². The van der Waals surface area contributed by atoms with Gasteiger partial charge in [-0.15, -0.1) is 6.58 Å². The summed E-state index contributed by atoms with van der Waals surface area (Å²) in [6.07, 6.45) is 1.67. The highest BCUT2D eigenvalue weighted by Gasteiger charge is 2.03. The molecule has 1 aromatic heterocycles. The van der Waals surface area contributed by atoms with Crippen LogP contribution in [0.25, 0.3) is 0 Å². The summed E-state index contributed by atoms with van der Waals surface area (Å²) >= 11 is 5.75. The molecule has 0 amide bonds. The molecule has 0 aliphatic heterocycles. The molecule has 0 aliphatic rings. The summed E-state index contributed by atoms with van der Waals surface area (Å²) in [4.78, 5) is 4.03. The lowest BCUT2D eigenvalue weighted by Gasteiger charge is -2.07. The first-order chi connectivity index (χ1) is 5.63. The van der Waals surface area contributed by atoms with Crippen molar-refractivity contribution in [2.45, 2.75) is 13.0 Å². The molecular weight excluding hydrogens is 172 g/mol. The van der Waals surface area contributed by atoms with E-state index in [1.165, 1.54) is 0 Å². The van der Waals surface area contributed by atoms with Gasteiger partial charge in [0.15, 0.2) is 0 Å². The topological polar surface area (TPSA) is 38.9 Å². The molecule has 0 saturated carbocycles. The molecule has 1 rings (SSSR count). The Hall–Kier alpha value is -0.860. The van der Waals surface area contributed by atoms with Crippen molar-refractivity contribution in [2.24, 2.45) is 5.73 Å². The fraction of sp³-hybridized carbons (Fsp3) is 0.222. The van der Waals surface area contributed by atoms with Gasteiger partial charge in [-0.05, 0) is 24.6 Å². The minimum absolute atomic E-state index is 0.163. The number of aryl methyl sites for hydroxylation is 1. The van der Waals surface area contributed by atoms with Crippen LogP contribution in [0.15, 0.2) is 24.8 Å². The summed E-state index contributed by atoms with van der Waals surface area (Å²) in [5.41, 5.74) is 7.54. The van der Waals surface area contributed by atoms with Gasteiger partial charge in [0.1, 0.15) is 5.15 Å². The van der Waals surface area contributed by atoms with Crippen LogP contribution < -0.4 is 5.73 Å². The van der Waals surface area contributed by atoms with E-state index in [4.69, 9.17) is 17.3 Å². The predicted molar refractivity (Wildman–Crippen MR) is 51.1 cm³/mol. The van der Waals surface area contributed by atoms with Crippen molar-refractivity contribution >= 4 is 11.6 Å². The van der Waals surface area contributed by atoms with Gasteiger partial charge in [-0.1, -0.05) is 17.7 Å². The van der Waals surface area contributed by atoms with Crippen LogP contribution in [0.2, 0.25) is 5.15 Å². The molecule has 0 bridgehead atoms. The fourth-order valence-corrected chi connectivity index (χ4v) is 1.24. The van der Waals surface area contributed by atoms with Crippen LogP contribution >= 0.6 is 11.6 Å². The average molecular weight is 183 g/mol. The second-order valence-corrected chi connectivity index (χ2v) is 3.01. The summed E-state index contributed by atoms with van der Waals surface area (Å²) in [5.74, 6) is 0. The van der Waals surface area contributed by atoms with E-state index in [2.05, 4.69) is 11.6 Å². The zero-order chi connectivity index (χ0) is 9.14. The van der Waals surface area contributed by atoms with Crippen molar-refractivity contribution in [3.05, 3.63) is 41.2 Å². The first-order valence-electron chi connectivity index (χ1n) is 3.65. The molecule has 0 radical (unpaired) electrons. The minimum atomic E-state index is -0.163. The first kappa shape index (κ1) is 9.23. The Kier molecular flexibility index (Phi) is 2.84. The van der Waals surface area contributed by atoms with E-state index in [1.54, 1.807) is 12.1 Å². The summed E-state index contributed by atoms with van der Waals surface area (Å²) in [5, 5.41) is 0.474. The molecule has 2 nitrogen and oxygen atoms in total. The number of halogens is 1. The molecular formula is C9H11ClN2. The van der Waals surface area contributed by atoms with Gasteiger partial charge in [-0.25, -0.2) is 4.98 Å². The van der Waals surface area contributed by atoms with Gasteiger partial charge in [0, 0.05) is 11.7 Å². The molecule has 1 heterocycles. The lowest BCUT2D eigenvalue weighted by Crippen LogP contribution is -2.07. The zero-order valence-corrected chi connectivity index (χ0v) is 7.67. The van der Waals surface area contributed by atoms with Gasteiger partial charge in [0.05, 0.1) is 0 Å². The molecule has 0 saturated heterocycles. The molecule has 0 aliphatic carbocycles. The Bertz CT molecular complexity index is 276. The van der Waals surface area contributed by atoms with Crippen molar-refractivity contribution in [3.63, 3.8) is 0 Å². The quantitative estimate of drug-likeness (QED) is 0.563. The third kappa shape index (κ3) is 2.06. The molecule has 1 aromatic rings. The van der Waals surface area contributed by atoms with Crippen LogP contribution in [0.4, 0.5) is 0 Å². The number of rotatable bonds is 2. The highest BCUT2D eigenvalue weighted by atomic mass is 35.5. The normalized spacial score (nSPS) is 12.6. The Labute approximate surface area is 77.1 Å².